The summed E-state index contributed by atoms with van der Waals surface area (Å²) in [6.07, 6.45) is 3.40. The minimum atomic E-state index is -0.442. The van der Waals surface area contributed by atoms with E-state index < -0.39 is 5.82 Å². The number of nitrogens with zero attached hydrogens (tertiary/aromatic N) is 3. The number of benzene rings is 2. The molecule has 0 radical (unpaired) electrons. The maximum absolute atomic E-state index is 13.7. The zero-order valence-corrected chi connectivity index (χ0v) is 16.3. The first-order chi connectivity index (χ1) is 13.5. The highest BCUT2D eigenvalue weighted by atomic mass is 32.1. The molecule has 4 nitrogen and oxygen atoms in total. The molecule has 0 unspecified atom stereocenters. The van der Waals surface area contributed by atoms with Gasteiger partial charge in [0, 0.05) is 18.0 Å². The number of halogens is 1. The van der Waals surface area contributed by atoms with Gasteiger partial charge in [-0.3, -0.25) is 14.7 Å². The first kappa shape index (κ1) is 18.3. The molecule has 0 aliphatic carbocycles. The van der Waals surface area contributed by atoms with Crippen LogP contribution in [0.4, 0.5) is 9.52 Å². The van der Waals surface area contributed by atoms with Crippen molar-refractivity contribution in [1.82, 2.24) is 9.97 Å². The van der Waals surface area contributed by atoms with E-state index in [2.05, 4.69) is 11.1 Å². The van der Waals surface area contributed by atoms with E-state index in [1.165, 1.54) is 29.5 Å². The van der Waals surface area contributed by atoms with Crippen LogP contribution in [0.25, 0.3) is 10.2 Å². The van der Waals surface area contributed by atoms with E-state index in [-0.39, 0.29) is 11.5 Å². The van der Waals surface area contributed by atoms with E-state index in [9.17, 15) is 9.18 Å². The summed E-state index contributed by atoms with van der Waals surface area (Å²) in [6.45, 7) is 4.37. The largest absolute Gasteiger partial charge is 0.279 e. The molecule has 0 N–H and O–H groups in total. The van der Waals surface area contributed by atoms with Gasteiger partial charge in [0.25, 0.3) is 5.91 Å². The molecular formula is C22H18FN3OS. The van der Waals surface area contributed by atoms with Gasteiger partial charge in [0.05, 0.1) is 16.8 Å². The molecule has 0 bridgehead atoms. The number of aryl methyl sites for hydroxylation is 2. The molecule has 140 valence electrons. The number of aromatic nitrogens is 2. The number of amides is 1. The highest BCUT2D eigenvalue weighted by Gasteiger charge is 2.22. The van der Waals surface area contributed by atoms with Crippen molar-refractivity contribution in [2.45, 2.75) is 20.4 Å². The Labute approximate surface area is 166 Å². The van der Waals surface area contributed by atoms with Gasteiger partial charge in [-0.1, -0.05) is 29.5 Å². The van der Waals surface area contributed by atoms with E-state index in [4.69, 9.17) is 4.98 Å². The lowest BCUT2D eigenvalue weighted by atomic mass is 10.1. The van der Waals surface area contributed by atoms with Crippen LogP contribution in [0, 0.1) is 19.7 Å². The highest BCUT2D eigenvalue weighted by molar-refractivity contribution is 7.22. The van der Waals surface area contributed by atoms with Gasteiger partial charge in [0.2, 0.25) is 0 Å². The SMILES string of the molecule is Cc1cc(C)c2sc(N(Cc3cccnc3)C(=O)c3cccc(F)c3)nc2c1. The lowest BCUT2D eigenvalue weighted by Crippen LogP contribution is -2.30. The number of hydrogen-bond donors (Lipinski definition) is 0. The summed E-state index contributed by atoms with van der Waals surface area (Å²) >= 11 is 1.47. The fraction of sp³-hybridized carbons (Fsp3) is 0.136. The van der Waals surface area contributed by atoms with Gasteiger partial charge >= 0.3 is 0 Å². The third kappa shape index (κ3) is 3.64. The highest BCUT2D eigenvalue weighted by Crippen LogP contribution is 2.33. The Balaban J connectivity index is 1.80. The van der Waals surface area contributed by atoms with Gasteiger partial charge in [-0.15, -0.1) is 0 Å². The van der Waals surface area contributed by atoms with Crippen LogP contribution in [0.5, 0.6) is 0 Å². The Bertz CT molecular complexity index is 1160. The number of hydrogen-bond acceptors (Lipinski definition) is 4. The molecule has 0 spiro atoms. The number of fused-ring (bicyclic) bond motifs is 1. The summed E-state index contributed by atoms with van der Waals surface area (Å²) in [6, 6.07) is 13.6. The minimum Gasteiger partial charge on any atom is -0.279 e. The Kier molecular flexibility index (Phi) is 4.88. The third-order valence-corrected chi connectivity index (χ3v) is 5.65. The van der Waals surface area contributed by atoms with Gasteiger partial charge in [0.1, 0.15) is 5.82 Å². The molecular weight excluding hydrogens is 373 g/mol. The first-order valence-electron chi connectivity index (χ1n) is 8.85. The number of carbonyl (C=O) groups is 1. The minimum absolute atomic E-state index is 0.288. The molecule has 2 aromatic heterocycles. The lowest BCUT2D eigenvalue weighted by Gasteiger charge is -2.20. The van der Waals surface area contributed by atoms with Gasteiger partial charge in [0.15, 0.2) is 5.13 Å². The number of rotatable bonds is 4. The van der Waals surface area contributed by atoms with Crippen molar-refractivity contribution in [2.75, 3.05) is 4.90 Å². The summed E-state index contributed by atoms with van der Waals surface area (Å²) in [5, 5.41) is 0.585. The predicted molar refractivity (Wildman–Crippen MR) is 110 cm³/mol. The summed E-state index contributed by atoms with van der Waals surface area (Å²) < 4.78 is 14.7. The normalized spacial score (nSPS) is 11.0. The van der Waals surface area contributed by atoms with Gasteiger partial charge in [-0.25, -0.2) is 9.37 Å². The number of pyridine rings is 1. The predicted octanol–water partition coefficient (Wildman–Crippen LogP) is 5.29. The summed E-state index contributed by atoms with van der Waals surface area (Å²) in [5.41, 5.74) is 4.27. The average molecular weight is 391 g/mol. The molecule has 28 heavy (non-hydrogen) atoms. The molecule has 4 rings (SSSR count). The molecule has 0 atom stereocenters. The zero-order chi connectivity index (χ0) is 19.7. The summed E-state index contributed by atoms with van der Waals surface area (Å²) in [7, 11) is 0. The molecule has 0 fully saturated rings. The maximum Gasteiger partial charge on any atom is 0.260 e. The molecule has 1 amide bonds. The molecule has 0 saturated heterocycles. The van der Waals surface area contributed by atoms with Crippen LogP contribution in [0.1, 0.15) is 27.0 Å². The molecule has 2 aromatic carbocycles. The Hall–Kier alpha value is -3.12. The van der Waals surface area contributed by atoms with Crippen LogP contribution in [-0.2, 0) is 6.54 Å². The number of carbonyl (C=O) groups excluding carboxylic acids is 1. The average Bonchev–Trinajstić information content (AvgIpc) is 3.10. The van der Waals surface area contributed by atoms with Gasteiger partial charge in [-0.2, -0.15) is 0 Å². The van der Waals surface area contributed by atoms with Crippen LogP contribution >= 0.6 is 11.3 Å². The molecule has 2 heterocycles. The molecule has 0 aliphatic heterocycles. The maximum atomic E-state index is 13.7. The third-order valence-electron chi connectivity index (χ3n) is 4.42. The molecule has 4 aromatic rings. The molecule has 0 saturated carbocycles. The van der Waals surface area contributed by atoms with Crippen molar-refractivity contribution in [1.29, 1.82) is 0 Å². The van der Waals surface area contributed by atoms with E-state index in [1.807, 2.05) is 32.0 Å². The second kappa shape index (κ2) is 7.48. The van der Waals surface area contributed by atoms with Crippen molar-refractivity contribution in [3.05, 3.63) is 89.0 Å². The first-order valence-corrected chi connectivity index (χ1v) is 9.67. The van der Waals surface area contributed by atoms with Crippen LogP contribution in [0.15, 0.2) is 60.9 Å². The van der Waals surface area contributed by atoms with Crippen molar-refractivity contribution < 1.29 is 9.18 Å². The van der Waals surface area contributed by atoms with E-state index in [1.54, 1.807) is 23.4 Å². The van der Waals surface area contributed by atoms with E-state index >= 15 is 0 Å². The van der Waals surface area contributed by atoms with E-state index in [0.29, 0.717) is 11.7 Å². The van der Waals surface area contributed by atoms with Crippen LogP contribution in [-0.4, -0.2) is 15.9 Å². The Morgan fingerprint density at radius 3 is 2.75 bits per heavy atom. The van der Waals surface area contributed by atoms with Crippen LogP contribution in [0.2, 0.25) is 0 Å². The van der Waals surface area contributed by atoms with Gasteiger partial charge in [-0.05, 0) is 60.9 Å². The second-order valence-electron chi connectivity index (χ2n) is 6.69. The Morgan fingerprint density at radius 2 is 2.00 bits per heavy atom. The van der Waals surface area contributed by atoms with Gasteiger partial charge < -0.3 is 0 Å². The van der Waals surface area contributed by atoms with Crippen molar-refractivity contribution in [3.8, 4) is 0 Å². The summed E-state index contributed by atoms with van der Waals surface area (Å²) in [5.74, 6) is -0.736. The fourth-order valence-electron chi connectivity index (χ4n) is 3.16. The van der Waals surface area contributed by atoms with Crippen LogP contribution in [0.3, 0.4) is 0 Å². The van der Waals surface area contributed by atoms with Crippen molar-refractivity contribution >= 4 is 32.6 Å². The monoisotopic (exact) mass is 391 g/mol. The van der Waals surface area contributed by atoms with Crippen LogP contribution < -0.4 is 4.90 Å². The number of thiazole rings is 1. The Morgan fingerprint density at radius 1 is 1.14 bits per heavy atom. The second-order valence-corrected chi connectivity index (χ2v) is 7.67. The number of anilines is 1. The lowest BCUT2D eigenvalue weighted by molar-refractivity contribution is 0.0984. The zero-order valence-electron chi connectivity index (χ0n) is 15.5. The smallest absolute Gasteiger partial charge is 0.260 e. The standard InChI is InChI=1S/C22H18FN3OS/c1-14-9-15(2)20-19(10-14)25-22(28-20)26(13-16-5-4-8-24-12-16)21(27)17-6-3-7-18(23)11-17/h3-12H,13H2,1-2H3. The van der Waals surface area contributed by atoms with Crippen molar-refractivity contribution in [2.24, 2.45) is 0 Å². The molecule has 6 heteroatoms. The topological polar surface area (TPSA) is 46.1 Å². The quantitative estimate of drug-likeness (QED) is 0.475. The molecule has 0 aliphatic rings. The van der Waals surface area contributed by atoms with E-state index in [0.717, 1.165) is 26.9 Å². The van der Waals surface area contributed by atoms with Crippen molar-refractivity contribution in [3.63, 3.8) is 0 Å². The fourth-order valence-corrected chi connectivity index (χ4v) is 4.17. The summed E-state index contributed by atoms with van der Waals surface area (Å²) in [4.78, 5) is 23.7.